The van der Waals surface area contributed by atoms with Crippen LogP contribution < -0.4 is 5.32 Å². The number of nitrogens with zero attached hydrogens (tertiary/aromatic N) is 2. The topological polar surface area (TPSA) is 90.0 Å². The first-order chi connectivity index (χ1) is 11.4. The summed E-state index contributed by atoms with van der Waals surface area (Å²) < 4.78 is 0. The van der Waals surface area contributed by atoms with E-state index in [0.717, 1.165) is 5.56 Å². The summed E-state index contributed by atoms with van der Waals surface area (Å²) in [4.78, 5) is 38.5. The van der Waals surface area contributed by atoms with Crippen molar-refractivity contribution in [3.8, 4) is 0 Å². The van der Waals surface area contributed by atoms with E-state index in [1.807, 2.05) is 25.2 Å². The van der Waals surface area contributed by atoms with Gasteiger partial charge < -0.3 is 15.3 Å². The largest absolute Gasteiger partial charge is 0.481 e. The molecule has 7 heteroatoms. The van der Waals surface area contributed by atoms with E-state index < -0.39 is 5.97 Å². The molecule has 24 heavy (non-hydrogen) atoms. The molecule has 0 bridgehead atoms. The first kappa shape index (κ1) is 17.9. The second-order valence-corrected chi connectivity index (χ2v) is 5.93. The van der Waals surface area contributed by atoms with Crippen LogP contribution in [0.4, 0.5) is 0 Å². The van der Waals surface area contributed by atoms with Crippen molar-refractivity contribution >= 4 is 17.8 Å². The molecule has 0 saturated carbocycles. The van der Waals surface area contributed by atoms with Gasteiger partial charge in [0.2, 0.25) is 5.91 Å². The van der Waals surface area contributed by atoms with Crippen LogP contribution in [0.2, 0.25) is 0 Å². The van der Waals surface area contributed by atoms with Crippen molar-refractivity contribution in [1.82, 2.24) is 15.1 Å². The summed E-state index contributed by atoms with van der Waals surface area (Å²) >= 11 is 0. The van der Waals surface area contributed by atoms with Gasteiger partial charge in [0.1, 0.15) is 0 Å². The highest BCUT2D eigenvalue weighted by molar-refractivity contribution is 5.94. The third-order valence-corrected chi connectivity index (χ3v) is 4.31. The van der Waals surface area contributed by atoms with Gasteiger partial charge in [0, 0.05) is 38.7 Å². The summed E-state index contributed by atoms with van der Waals surface area (Å²) in [5.41, 5.74) is 1.55. The van der Waals surface area contributed by atoms with Crippen molar-refractivity contribution in [2.24, 2.45) is 0 Å². The molecule has 7 nitrogen and oxygen atoms in total. The number of benzene rings is 1. The molecule has 0 radical (unpaired) electrons. The van der Waals surface area contributed by atoms with E-state index in [1.165, 1.54) is 0 Å². The fraction of sp³-hybridized carbons (Fsp3) is 0.471. The molecule has 0 aliphatic carbocycles. The van der Waals surface area contributed by atoms with Crippen molar-refractivity contribution in [2.75, 3.05) is 33.7 Å². The molecule has 1 atom stereocenters. The van der Waals surface area contributed by atoms with Crippen molar-refractivity contribution < 1.29 is 19.5 Å². The number of hydrogen-bond acceptors (Lipinski definition) is 4. The molecule has 1 heterocycles. The Morgan fingerprint density at radius 1 is 1.25 bits per heavy atom. The molecule has 0 aromatic heterocycles. The lowest BCUT2D eigenvalue weighted by molar-refractivity contribution is -0.141. The second kappa shape index (κ2) is 7.92. The number of carboxylic acid groups (broad SMARTS) is 1. The van der Waals surface area contributed by atoms with Gasteiger partial charge in [0.15, 0.2) is 0 Å². The highest BCUT2D eigenvalue weighted by atomic mass is 16.4. The molecule has 1 unspecified atom stereocenters. The molecule has 2 rings (SSSR count). The predicted molar refractivity (Wildman–Crippen MR) is 88.7 cm³/mol. The Morgan fingerprint density at radius 2 is 2.00 bits per heavy atom. The van der Waals surface area contributed by atoms with Gasteiger partial charge in [-0.25, -0.2) is 0 Å². The second-order valence-electron chi connectivity index (χ2n) is 5.93. The van der Waals surface area contributed by atoms with Gasteiger partial charge in [0.05, 0.1) is 12.5 Å². The smallest absolute Gasteiger partial charge is 0.303 e. The minimum Gasteiger partial charge on any atom is -0.481 e. The Kier molecular flexibility index (Phi) is 5.92. The number of carbonyl (C=O) groups excluding carboxylic acids is 2. The summed E-state index contributed by atoms with van der Waals surface area (Å²) in [5, 5.41) is 11.3. The van der Waals surface area contributed by atoms with Crippen LogP contribution >= 0.6 is 0 Å². The molecular formula is C17H23N3O4. The van der Waals surface area contributed by atoms with Gasteiger partial charge in [-0.1, -0.05) is 12.1 Å². The number of likely N-dealkylation sites (N-methyl/N-ethyl adjacent to an activating group) is 1. The van der Waals surface area contributed by atoms with Gasteiger partial charge in [-0.05, 0) is 24.7 Å². The minimum atomic E-state index is -0.965. The van der Waals surface area contributed by atoms with Crippen molar-refractivity contribution in [3.63, 3.8) is 0 Å². The molecule has 1 aromatic rings. The molecule has 2 amide bonds. The Bertz CT molecular complexity index is 632. The third kappa shape index (κ3) is 4.32. The number of carbonyl (C=O) groups is 3. The Hall–Kier alpha value is -2.41. The number of carboxylic acids is 1. The van der Waals surface area contributed by atoms with Crippen LogP contribution in [0.1, 0.15) is 34.8 Å². The van der Waals surface area contributed by atoms with Gasteiger partial charge in [-0.15, -0.1) is 0 Å². The zero-order valence-corrected chi connectivity index (χ0v) is 14.0. The van der Waals surface area contributed by atoms with Crippen LogP contribution in [-0.2, 0) is 9.59 Å². The SMILES string of the molecule is CNC(=O)c1cccc(C2CN(C(=O)CCC(=O)O)CCN2C)c1. The van der Waals surface area contributed by atoms with Gasteiger partial charge in [0.25, 0.3) is 5.91 Å². The standard InChI is InChI=1S/C17H23N3O4/c1-18-17(24)13-5-3-4-12(10-13)14-11-20(9-8-19(14)2)15(21)6-7-16(22)23/h3-5,10,14H,6-9,11H2,1-2H3,(H,18,24)(H,22,23). The molecular weight excluding hydrogens is 310 g/mol. The molecule has 1 aliphatic heterocycles. The molecule has 2 N–H and O–H groups in total. The van der Waals surface area contributed by atoms with Crippen LogP contribution in [0.3, 0.4) is 0 Å². The van der Waals surface area contributed by atoms with E-state index >= 15 is 0 Å². The fourth-order valence-electron chi connectivity index (χ4n) is 2.86. The number of piperazine rings is 1. The Morgan fingerprint density at radius 3 is 2.67 bits per heavy atom. The van der Waals surface area contributed by atoms with Crippen LogP contribution in [0, 0.1) is 0 Å². The van der Waals surface area contributed by atoms with Crippen LogP contribution in [0.15, 0.2) is 24.3 Å². The third-order valence-electron chi connectivity index (χ3n) is 4.31. The van der Waals surface area contributed by atoms with E-state index in [4.69, 9.17) is 5.11 Å². The zero-order chi connectivity index (χ0) is 17.7. The summed E-state index contributed by atoms with van der Waals surface area (Å²) in [7, 11) is 3.57. The number of rotatable bonds is 5. The fourth-order valence-corrected chi connectivity index (χ4v) is 2.86. The van der Waals surface area contributed by atoms with Crippen LogP contribution in [-0.4, -0.2) is 66.4 Å². The van der Waals surface area contributed by atoms with Crippen LogP contribution in [0.5, 0.6) is 0 Å². The zero-order valence-electron chi connectivity index (χ0n) is 14.0. The quantitative estimate of drug-likeness (QED) is 0.829. The van der Waals surface area contributed by atoms with E-state index in [2.05, 4.69) is 10.2 Å². The maximum absolute atomic E-state index is 12.2. The molecule has 1 saturated heterocycles. The summed E-state index contributed by atoms with van der Waals surface area (Å²) in [6.07, 6.45) is -0.133. The van der Waals surface area contributed by atoms with Crippen molar-refractivity contribution in [1.29, 1.82) is 0 Å². The summed E-state index contributed by atoms with van der Waals surface area (Å²) in [6, 6.07) is 7.35. The Balaban J connectivity index is 2.12. The van der Waals surface area contributed by atoms with Gasteiger partial charge >= 0.3 is 5.97 Å². The van der Waals surface area contributed by atoms with E-state index in [1.54, 1.807) is 18.0 Å². The van der Waals surface area contributed by atoms with Crippen molar-refractivity contribution in [2.45, 2.75) is 18.9 Å². The normalized spacial score (nSPS) is 18.2. The monoisotopic (exact) mass is 333 g/mol. The van der Waals surface area contributed by atoms with E-state index in [-0.39, 0.29) is 30.7 Å². The lowest BCUT2D eigenvalue weighted by atomic mass is 10.00. The highest BCUT2D eigenvalue weighted by Gasteiger charge is 2.28. The maximum Gasteiger partial charge on any atom is 0.303 e. The van der Waals surface area contributed by atoms with E-state index in [9.17, 15) is 14.4 Å². The molecule has 1 aromatic carbocycles. The molecule has 130 valence electrons. The summed E-state index contributed by atoms with van der Waals surface area (Å²) in [5.74, 6) is -1.25. The molecule has 0 spiro atoms. The maximum atomic E-state index is 12.2. The van der Waals surface area contributed by atoms with Gasteiger partial charge in [-0.2, -0.15) is 0 Å². The van der Waals surface area contributed by atoms with E-state index in [0.29, 0.717) is 25.2 Å². The summed E-state index contributed by atoms with van der Waals surface area (Å²) in [6.45, 7) is 1.78. The lowest BCUT2D eigenvalue weighted by Crippen LogP contribution is -2.49. The van der Waals surface area contributed by atoms with Crippen molar-refractivity contribution in [3.05, 3.63) is 35.4 Å². The number of hydrogen-bond donors (Lipinski definition) is 2. The average molecular weight is 333 g/mol. The first-order valence-electron chi connectivity index (χ1n) is 7.94. The number of amides is 2. The minimum absolute atomic E-state index is 0.0165. The van der Waals surface area contributed by atoms with Crippen LogP contribution in [0.25, 0.3) is 0 Å². The number of nitrogens with one attached hydrogen (secondary N) is 1. The average Bonchev–Trinajstić information content (AvgIpc) is 2.59. The van der Waals surface area contributed by atoms with Gasteiger partial charge in [-0.3, -0.25) is 19.3 Å². The predicted octanol–water partition coefficient (Wildman–Crippen LogP) is 0.726. The molecule has 1 fully saturated rings. The highest BCUT2D eigenvalue weighted by Crippen LogP contribution is 2.25. The molecule has 1 aliphatic rings. The number of aliphatic carboxylic acids is 1. The Labute approximate surface area is 141 Å². The lowest BCUT2D eigenvalue weighted by Gasteiger charge is -2.39. The first-order valence-corrected chi connectivity index (χ1v) is 7.94.